The highest BCUT2D eigenvalue weighted by atomic mass is 19.1. The molecule has 1 fully saturated rings. The number of amides is 1. The summed E-state index contributed by atoms with van der Waals surface area (Å²) in [6.07, 6.45) is 5.68. The van der Waals surface area contributed by atoms with Crippen molar-refractivity contribution in [2.45, 2.75) is 38.5 Å². The second-order valence-electron chi connectivity index (χ2n) is 9.83. The number of aromatic nitrogens is 4. The number of hydrogen-bond acceptors (Lipinski definition) is 5. The number of nitrogens with one attached hydrogen (secondary N) is 2. The van der Waals surface area contributed by atoms with E-state index in [-0.39, 0.29) is 17.6 Å². The zero-order valence-electron chi connectivity index (χ0n) is 20.5. The minimum absolute atomic E-state index is 0.0848. The first-order valence-electron chi connectivity index (χ1n) is 12.2. The van der Waals surface area contributed by atoms with Crippen molar-refractivity contribution in [3.8, 4) is 22.6 Å². The van der Waals surface area contributed by atoms with Crippen LogP contribution in [0.4, 0.5) is 15.9 Å². The Morgan fingerprint density at radius 3 is 2.69 bits per heavy atom. The van der Waals surface area contributed by atoms with E-state index in [0.29, 0.717) is 29.5 Å². The van der Waals surface area contributed by atoms with Crippen LogP contribution in [-0.2, 0) is 7.05 Å². The summed E-state index contributed by atoms with van der Waals surface area (Å²) >= 11 is 0. The smallest absolute Gasteiger partial charge is 0.251 e. The number of hydrogen-bond donors (Lipinski definition) is 2. The minimum atomic E-state index is -0.545. The van der Waals surface area contributed by atoms with E-state index in [4.69, 9.17) is 4.98 Å². The molecule has 1 aliphatic carbocycles. The molecule has 3 heterocycles. The molecule has 1 atom stereocenters. The molecule has 0 radical (unpaired) electrons. The number of imidazole rings is 1. The van der Waals surface area contributed by atoms with Crippen LogP contribution in [0.5, 0.6) is 0 Å². The monoisotopic (exact) mass is 482 g/mol. The topological polar surface area (TPSA) is 84.7 Å². The molecule has 6 rings (SSSR count). The van der Waals surface area contributed by atoms with E-state index in [9.17, 15) is 9.18 Å². The summed E-state index contributed by atoms with van der Waals surface area (Å²) in [4.78, 5) is 25.7. The summed E-state index contributed by atoms with van der Waals surface area (Å²) in [5.41, 5.74) is 6.13. The van der Waals surface area contributed by atoms with E-state index in [0.717, 1.165) is 33.8 Å². The Balaban J connectivity index is 1.28. The maximum absolute atomic E-state index is 14.7. The van der Waals surface area contributed by atoms with Crippen molar-refractivity contribution in [2.75, 3.05) is 11.9 Å². The van der Waals surface area contributed by atoms with Crippen LogP contribution in [0.1, 0.15) is 58.9 Å². The van der Waals surface area contributed by atoms with Crippen LogP contribution in [-0.4, -0.2) is 32.0 Å². The van der Waals surface area contributed by atoms with Gasteiger partial charge in [-0.15, -0.1) is 0 Å². The van der Waals surface area contributed by atoms with Gasteiger partial charge in [-0.1, -0.05) is 19.1 Å². The van der Waals surface area contributed by atoms with Crippen molar-refractivity contribution < 1.29 is 9.18 Å². The fourth-order valence-electron chi connectivity index (χ4n) is 4.86. The van der Waals surface area contributed by atoms with Gasteiger partial charge in [0.1, 0.15) is 5.82 Å². The number of fused-ring (bicyclic) bond motifs is 1. The third-order valence-electron chi connectivity index (χ3n) is 7.02. The average Bonchev–Trinajstić information content (AvgIpc) is 3.64. The number of aryl methyl sites for hydroxylation is 2. The lowest BCUT2D eigenvalue weighted by molar-refractivity contribution is 0.0941. The number of carbonyl (C=O) groups excluding carboxylic acids is 1. The lowest BCUT2D eigenvalue weighted by atomic mass is 9.91. The number of nitrogens with zero attached hydrogens (tertiary/aromatic N) is 4. The van der Waals surface area contributed by atoms with E-state index < -0.39 is 5.82 Å². The Bertz CT molecular complexity index is 1510. The van der Waals surface area contributed by atoms with Gasteiger partial charge in [-0.3, -0.25) is 4.79 Å². The first-order chi connectivity index (χ1) is 17.4. The second kappa shape index (κ2) is 8.55. The zero-order valence-corrected chi connectivity index (χ0v) is 20.5. The van der Waals surface area contributed by atoms with Crippen LogP contribution in [0.3, 0.4) is 0 Å². The molecule has 1 aliphatic heterocycles. The molecule has 2 N–H and O–H groups in total. The fourth-order valence-corrected chi connectivity index (χ4v) is 4.86. The van der Waals surface area contributed by atoms with Crippen molar-refractivity contribution in [1.29, 1.82) is 0 Å². The SMILES string of the molecule is Cc1cc(-c2ncc(F)c(Nc3ccc4c(c3)C(C)CNC4=O)n2)ccc1-c1cn(C)c(C2CC2)n1. The normalized spacial score (nSPS) is 17.0. The van der Waals surface area contributed by atoms with E-state index >= 15 is 0 Å². The van der Waals surface area contributed by atoms with Crippen molar-refractivity contribution in [1.82, 2.24) is 24.8 Å². The summed E-state index contributed by atoms with van der Waals surface area (Å²) in [5, 5.41) is 5.95. The molecule has 2 aromatic carbocycles. The second-order valence-corrected chi connectivity index (χ2v) is 9.83. The maximum Gasteiger partial charge on any atom is 0.251 e. The predicted molar refractivity (Wildman–Crippen MR) is 137 cm³/mol. The summed E-state index contributed by atoms with van der Waals surface area (Å²) < 4.78 is 16.8. The van der Waals surface area contributed by atoms with Gasteiger partial charge in [-0.05, 0) is 61.1 Å². The first kappa shape index (κ1) is 22.4. The van der Waals surface area contributed by atoms with Crippen LogP contribution in [0.25, 0.3) is 22.6 Å². The molecule has 8 heteroatoms. The van der Waals surface area contributed by atoms with Crippen LogP contribution >= 0.6 is 0 Å². The van der Waals surface area contributed by atoms with Crippen LogP contribution in [0.15, 0.2) is 48.8 Å². The standard InChI is InChI=1S/C28H27FN6O/c1-15-10-18(6-8-20(15)24-14-35(3)27(33-24)17-4-5-17)25-30-13-23(29)26(34-25)32-19-7-9-21-22(11-19)16(2)12-31-28(21)36/h6-11,13-14,16-17H,4-5,12H2,1-3H3,(H,31,36)(H,30,32,34). The number of anilines is 2. The molecule has 36 heavy (non-hydrogen) atoms. The molecule has 0 spiro atoms. The molecular weight excluding hydrogens is 455 g/mol. The van der Waals surface area contributed by atoms with Crippen LogP contribution in [0.2, 0.25) is 0 Å². The van der Waals surface area contributed by atoms with Gasteiger partial charge in [0, 0.05) is 48.1 Å². The fraction of sp³-hybridized carbons (Fsp3) is 0.286. The quantitative estimate of drug-likeness (QED) is 0.395. The predicted octanol–water partition coefficient (Wildman–Crippen LogP) is 5.46. The van der Waals surface area contributed by atoms with Crippen molar-refractivity contribution in [3.05, 3.63) is 77.1 Å². The van der Waals surface area contributed by atoms with Gasteiger partial charge in [-0.25, -0.2) is 19.3 Å². The van der Waals surface area contributed by atoms with Crippen LogP contribution < -0.4 is 10.6 Å². The van der Waals surface area contributed by atoms with E-state index in [1.807, 2.05) is 38.2 Å². The van der Waals surface area contributed by atoms with Gasteiger partial charge in [0.2, 0.25) is 0 Å². The highest BCUT2D eigenvalue weighted by Crippen LogP contribution is 2.40. The molecule has 1 amide bonds. The van der Waals surface area contributed by atoms with Gasteiger partial charge in [0.25, 0.3) is 5.91 Å². The number of carbonyl (C=O) groups is 1. The minimum Gasteiger partial charge on any atom is -0.351 e. The number of halogens is 1. The lowest BCUT2D eigenvalue weighted by Crippen LogP contribution is -2.33. The molecule has 2 aliphatic rings. The van der Waals surface area contributed by atoms with Gasteiger partial charge in [0.05, 0.1) is 11.9 Å². The Hall–Kier alpha value is -4.07. The molecule has 1 saturated carbocycles. The Kier molecular flexibility index (Phi) is 5.32. The van der Waals surface area contributed by atoms with Gasteiger partial charge in [-0.2, -0.15) is 0 Å². The third-order valence-corrected chi connectivity index (χ3v) is 7.02. The van der Waals surface area contributed by atoms with Gasteiger partial charge in [0.15, 0.2) is 17.5 Å². The summed E-state index contributed by atoms with van der Waals surface area (Å²) in [5.74, 6) is 1.79. The lowest BCUT2D eigenvalue weighted by Gasteiger charge is -2.23. The summed E-state index contributed by atoms with van der Waals surface area (Å²) in [6.45, 7) is 4.67. The third kappa shape index (κ3) is 4.02. The maximum atomic E-state index is 14.7. The van der Waals surface area contributed by atoms with E-state index in [2.05, 4.69) is 38.3 Å². The molecule has 0 saturated heterocycles. The highest BCUT2D eigenvalue weighted by Gasteiger charge is 2.28. The molecule has 2 aromatic heterocycles. The Morgan fingerprint density at radius 2 is 1.92 bits per heavy atom. The largest absolute Gasteiger partial charge is 0.351 e. The van der Waals surface area contributed by atoms with Gasteiger partial charge < -0.3 is 15.2 Å². The average molecular weight is 483 g/mol. The van der Waals surface area contributed by atoms with E-state index in [1.54, 1.807) is 12.1 Å². The van der Waals surface area contributed by atoms with Gasteiger partial charge >= 0.3 is 0 Å². The molecule has 0 bridgehead atoms. The zero-order chi connectivity index (χ0) is 25.0. The van der Waals surface area contributed by atoms with Crippen molar-refractivity contribution in [3.63, 3.8) is 0 Å². The summed E-state index contributed by atoms with van der Waals surface area (Å²) in [6, 6.07) is 11.4. The molecular formula is C28H27FN6O. The number of benzene rings is 2. The highest BCUT2D eigenvalue weighted by molar-refractivity contribution is 5.97. The number of rotatable bonds is 5. The molecule has 182 valence electrons. The van der Waals surface area contributed by atoms with Crippen molar-refractivity contribution in [2.24, 2.45) is 7.05 Å². The molecule has 4 aromatic rings. The molecule has 1 unspecified atom stereocenters. The van der Waals surface area contributed by atoms with Crippen LogP contribution in [0, 0.1) is 12.7 Å². The van der Waals surface area contributed by atoms with E-state index in [1.165, 1.54) is 19.0 Å². The van der Waals surface area contributed by atoms with Crippen molar-refractivity contribution >= 4 is 17.4 Å². The molecule has 7 nitrogen and oxygen atoms in total. The Morgan fingerprint density at radius 1 is 1.11 bits per heavy atom. The first-order valence-corrected chi connectivity index (χ1v) is 12.2. The summed E-state index contributed by atoms with van der Waals surface area (Å²) in [7, 11) is 2.05. The Labute approximate surface area is 208 Å².